The van der Waals surface area contributed by atoms with Crippen LogP contribution < -0.4 is 0 Å². The van der Waals surface area contributed by atoms with E-state index in [1.165, 1.54) is 0 Å². The van der Waals surface area contributed by atoms with Gasteiger partial charge >= 0.3 is 0 Å². The molecule has 0 aliphatic carbocycles. The molecule has 0 radical (unpaired) electrons. The lowest BCUT2D eigenvalue weighted by molar-refractivity contribution is 0.671. The zero-order valence-electron chi connectivity index (χ0n) is 26.1. The van der Waals surface area contributed by atoms with Crippen LogP contribution in [0.2, 0.25) is 0 Å². The molecular formula is C44H24N4O. The first-order valence-corrected chi connectivity index (χ1v) is 16.1. The van der Waals surface area contributed by atoms with Crippen LogP contribution in [0, 0.1) is 13.1 Å². The molecule has 0 atom stereocenters. The van der Waals surface area contributed by atoms with Crippen LogP contribution in [0.1, 0.15) is 0 Å². The molecule has 0 fully saturated rings. The van der Waals surface area contributed by atoms with Crippen molar-refractivity contribution in [3.63, 3.8) is 0 Å². The molecule has 0 spiro atoms. The molecule has 0 aliphatic rings. The number of fused-ring (bicyclic) bond motifs is 10. The standard InChI is InChI=1S/C44H24N4O/c1-45-36-26-25-29(42(41(36)46-2)48-38-16-8-3-11-30(38)31-12-4-9-17-39(31)48)27-19-21-28(22-20-27)47-37-15-7-5-13-32(37)34-23-24-35-33-14-6-10-18-40(33)49-44(35)43(34)47/h3-26H. The van der Waals surface area contributed by atoms with E-state index >= 15 is 0 Å². The van der Waals surface area contributed by atoms with Crippen molar-refractivity contribution in [2.24, 2.45) is 0 Å². The Labute approximate surface area is 280 Å². The van der Waals surface area contributed by atoms with Gasteiger partial charge in [0.1, 0.15) is 5.58 Å². The summed E-state index contributed by atoms with van der Waals surface area (Å²) < 4.78 is 11.0. The maximum absolute atomic E-state index is 8.25. The fourth-order valence-electron chi connectivity index (χ4n) is 7.68. The average molecular weight is 625 g/mol. The Hall–Kier alpha value is -7.08. The largest absolute Gasteiger partial charge is 0.454 e. The normalized spacial score (nSPS) is 11.6. The van der Waals surface area contributed by atoms with E-state index in [4.69, 9.17) is 17.6 Å². The van der Waals surface area contributed by atoms with Gasteiger partial charge in [0.15, 0.2) is 11.3 Å². The van der Waals surface area contributed by atoms with Gasteiger partial charge in [-0.1, -0.05) is 103 Å². The zero-order valence-corrected chi connectivity index (χ0v) is 26.1. The second-order valence-electron chi connectivity index (χ2n) is 12.3. The van der Waals surface area contributed by atoms with Crippen LogP contribution in [0.25, 0.3) is 97.7 Å². The Morgan fingerprint density at radius 2 is 1.04 bits per heavy atom. The second-order valence-corrected chi connectivity index (χ2v) is 12.3. The molecule has 49 heavy (non-hydrogen) atoms. The van der Waals surface area contributed by atoms with Gasteiger partial charge in [0, 0.05) is 43.7 Å². The van der Waals surface area contributed by atoms with Gasteiger partial charge in [0.2, 0.25) is 5.69 Å². The summed E-state index contributed by atoms with van der Waals surface area (Å²) in [4.78, 5) is 7.74. The Morgan fingerprint density at radius 3 is 1.69 bits per heavy atom. The number of nitrogens with zero attached hydrogens (tertiary/aromatic N) is 4. The van der Waals surface area contributed by atoms with Crippen molar-refractivity contribution < 1.29 is 4.42 Å². The van der Waals surface area contributed by atoms with E-state index in [0.29, 0.717) is 11.4 Å². The average Bonchev–Trinajstić information content (AvgIpc) is 3.82. The molecule has 0 bridgehead atoms. The summed E-state index contributed by atoms with van der Waals surface area (Å²) in [6, 6.07) is 49.8. The summed E-state index contributed by atoms with van der Waals surface area (Å²) in [5.74, 6) is 0. The minimum Gasteiger partial charge on any atom is -0.454 e. The van der Waals surface area contributed by atoms with Gasteiger partial charge in [-0.25, -0.2) is 4.85 Å². The summed E-state index contributed by atoms with van der Waals surface area (Å²) in [6.45, 7) is 16.2. The van der Waals surface area contributed by atoms with Crippen molar-refractivity contribution in [3.05, 3.63) is 168 Å². The topological polar surface area (TPSA) is 31.7 Å². The van der Waals surface area contributed by atoms with E-state index in [2.05, 4.69) is 110 Å². The third kappa shape index (κ3) is 3.73. The summed E-state index contributed by atoms with van der Waals surface area (Å²) in [5, 5.41) is 6.69. The van der Waals surface area contributed by atoms with Crippen LogP contribution in [0.4, 0.5) is 11.4 Å². The SMILES string of the molecule is [C-]#[N+]c1ccc(-c2ccc(-n3c4ccccc4c4ccc5c6ccccc6oc5c43)cc2)c(-n2c3ccccc3c3ccccc32)c1[N+]#[C-]. The number of rotatable bonds is 3. The summed E-state index contributed by atoms with van der Waals surface area (Å²) in [6.07, 6.45) is 0. The van der Waals surface area contributed by atoms with Crippen LogP contribution >= 0.6 is 0 Å². The Bertz CT molecular complexity index is 3020. The fourth-order valence-corrected chi connectivity index (χ4v) is 7.68. The van der Waals surface area contributed by atoms with Gasteiger partial charge in [-0.3, -0.25) is 4.85 Å². The number of aromatic nitrogens is 2. The van der Waals surface area contributed by atoms with Gasteiger partial charge in [-0.2, -0.15) is 0 Å². The highest BCUT2D eigenvalue weighted by Gasteiger charge is 2.22. The summed E-state index contributed by atoms with van der Waals surface area (Å²) in [7, 11) is 0. The highest BCUT2D eigenvalue weighted by Crippen LogP contribution is 2.46. The fraction of sp³-hybridized carbons (Fsp3) is 0. The van der Waals surface area contributed by atoms with Gasteiger partial charge in [0.25, 0.3) is 0 Å². The zero-order chi connectivity index (χ0) is 32.6. The highest BCUT2D eigenvalue weighted by molar-refractivity contribution is 6.21. The van der Waals surface area contributed by atoms with Crippen LogP contribution in [0.3, 0.4) is 0 Å². The molecule has 0 saturated heterocycles. The molecule has 10 aromatic rings. The minimum atomic E-state index is 0.340. The molecule has 0 aliphatic heterocycles. The van der Waals surface area contributed by atoms with Crippen molar-refractivity contribution >= 4 is 76.9 Å². The van der Waals surface area contributed by atoms with E-state index in [1.807, 2.05) is 48.5 Å². The van der Waals surface area contributed by atoms with Crippen molar-refractivity contribution in [2.45, 2.75) is 0 Å². The first-order chi connectivity index (χ1) is 24.2. The van der Waals surface area contributed by atoms with Crippen molar-refractivity contribution in [1.82, 2.24) is 9.13 Å². The lowest BCUT2D eigenvalue weighted by Gasteiger charge is -2.18. The van der Waals surface area contributed by atoms with E-state index in [0.717, 1.165) is 88.1 Å². The smallest absolute Gasteiger partial charge is 0.218 e. The quantitative estimate of drug-likeness (QED) is 0.180. The van der Waals surface area contributed by atoms with Gasteiger partial charge < -0.3 is 13.6 Å². The van der Waals surface area contributed by atoms with Crippen LogP contribution in [-0.2, 0) is 0 Å². The molecule has 0 unspecified atom stereocenters. The molecule has 3 heterocycles. The number of hydrogen-bond donors (Lipinski definition) is 0. The maximum atomic E-state index is 8.25. The van der Waals surface area contributed by atoms with Gasteiger partial charge in [0.05, 0.1) is 35.2 Å². The van der Waals surface area contributed by atoms with Gasteiger partial charge in [-0.15, -0.1) is 0 Å². The Kier molecular flexibility index (Phi) is 5.64. The third-order valence-electron chi connectivity index (χ3n) is 9.78. The molecule has 226 valence electrons. The van der Waals surface area contributed by atoms with Crippen LogP contribution in [0.15, 0.2) is 150 Å². The van der Waals surface area contributed by atoms with Crippen molar-refractivity contribution in [2.75, 3.05) is 0 Å². The van der Waals surface area contributed by atoms with Gasteiger partial charge in [-0.05, 0) is 53.6 Å². The van der Waals surface area contributed by atoms with E-state index < -0.39 is 0 Å². The van der Waals surface area contributed by atoms with E-state index in [9.17, 15) is 0 Å². The lowest BCUT2D eigenvalue weighted by Crippen LogP contribution is -1.99. The molecule has 0 saturated carbocycles. The first-order valence-electron chi connectivity index (χ1n) is 16.1. The predicted molar refractivity (Wildman–Crippen MR) is 200 cm³/mol. The monoisotopic (exact) mass is 624 g/mol. The molecule has 0 amide bonds. The molecule has 3 aromatic heterocycles. The van der Waals surface area contributed by atoms with E-state index in [1.54, 1.807) is 6.07 Å². The van der Waals surface area contributed by atoms with Crippen LogP contribution in [0.5, 0.6) is 0 Å². The molecule has 7 aromatic carbocycles. The molecule has 5 heteroatoms. The molecule has 0 N–H and O–H groups in total. The Morgan fingerprint density at radius 1 is 0.469 bits per heavy atom. The predicted octanol–water partition coefficient (Wildman–Crippen LogP) is 12.5. The second kappa shape index (κ2) is 10.2. The number of furan rings is 1. The number of benzene rings is 7. The summed E-state index contributed by atoms with van der Waals surface area (Å²) >= 11 is 0. The van der Waals surface area contributed by atoms with Crippen molar-refractivity contribution in [1.29, 1.82) is 0 Å². The summed E-state index contributed by atoms with van der Waals surface area (Å²) in [5.41, 5.74) is 10.1. The van der Waals surface area contributed by atoms with Crippen molar-refractivity contribution in [3.8, 4) is 22.5 Å². The highest BCUT2D eigenvalue weighted by atomic mass is 16.3. The number of hydrogen-bond acceptors (Lipinski definition) is 1. The minimum absolute atomic E-state index is 0.340. The third-order valence-corrected chi connectivity index (χ3v) is 9.78. The molecule has 10 rings (SSSR count). The number of para-hydroxylation sites is 4. The van der Waals surface area contributed by atoms with Crippen LogP contribution in [-0.4, -0.2) is 9.13 Å². The Balaban J connectivity index is 1.23. The first kappa shape index (κ1) is 27.1. The molecule has 5 nitrogen and oxygen atoms in total. The molecular weight excluding hydrogens is 601 g/mol. The lowest BCUT2D eigenvalue weighted by atomic mass is 10.0. The van der Waals surface area contributed by atoms with E-state index in [-0.39, 0.29) is 0 Å². The maximum Gasteiger partial charge on any atom is 0.218 e.